The standard InChI is InChI=1S/C24H24N4O3S2/c1-24(2)18-10-5-7-12-20(18)28(3)21(24)14-15-25-26-23(29)17-9-4-6-11-19(17)27-33(30,31)22-13-8-16-32-22/h4-16,27H,1-3H3,(H,26,29)/p-1/b21-14-,25-15-. The van der Waals surface area contributed by atoms with Crippen LogP contribution in [-0.4, -0.2) is 27.6 Å². The number of thiophene rings is 1. The summed E-state index contributed by atoms with van der Waals surface area (Å²) in [6.45, 7) is 4.26. The number of anilines is 2. The van der Waals surface area contributed by atoms with Gasteiger partial charge in [0.05, 0.1) is 11.9 Å². The Morgan fingerprint density at radius 2 is 1.82 bits per heavy atom. The second-order valence-electron chi connectivity index (χ2n) is 8.01. The molecule has 170 valence electrons. The smallest absolute Gasteiger partial charge is 0.271 e. The van der Waals surface area contributed by atoms with E-state index in [-0.39, 0.29) is 20.9 Å². The van der Waals surface area contributed by atoms with E-state index in [2.05, 4.69) is 45.8 Å². The molecule has 0 saturated heterocycles. The van der Waals surface area contributed by atoms with Gasteiger partial charge < -0.3 is 10.0 Å². The Hall–Kier alpha value is -3.43. The lowest BCUT2D eigenvalue weighted by atomic mass is 9.84. The summed E-state index contributed by atoms with van der Waals surface area (Å²) in [4.78, 5) is 2.10. The molecule has 2 aromatic carbocycles. The van der Waals surface area contributed by atoms with Crippen LogP contribution in [0.25, 0.3) is 0 Å². The normalized spacial score (nSPS) is 17.0. The lowest BCUT2D eigenvalue weighted by Gasteiger charge is -2.23. The van der Waals surface area contributed by atoms with Gasteiger partial charge in [-0.1, -0.05) is 56.3 Å². The minimum atomic E-state index is -3.79. The van der Waals surface area contributed by atoms with Crippen molar-refractivity contribution in [2.45, 2.75) is 23.5 Å². The van der Waals surface area contributed by atoms with Crippen molar-refractivity contribution in [3.05, 3.63) is 88.9 Å². The molecule has 0 aliphatic carbocycles. The zero-order valence-corrected chi connectivity index (χ0v) is 20.0. The molecule has 33 heavy (non-hydrogen) atoms. The first-order chi connectivity index (χ1) is 15.7. The SMILES string of the molecule is CN1/C(=C\C=N/N=C([O-])c2ccccc2NS(=O)(=O)c2cccs2)C(C)(C)c2ccccc21. The second kappa shape index (κ2) is 8.84. The molecule has 0 saturated carbocycles. The molecule has 0 unspecified atom stereocenters. The maximum absolute atomic E-state index is 12.7. The van der Waals surface area contributed by atoms with E-state index in [0.29, 0.717) is 0 Å². The van der Waals surface area contributed by atoms with Crippen LogP contribution < -0.4 is 14.7 Å². The molecule has 1 N–H and O–H groups in total. The number of sulfonamides is 1. The number of rotatable bonds is 6. The number of benzene rings is 2. The molecule has 1 aliphatic heterocycles. The third-order valence-electron chi connectivity index (χ3n) is 5.55. The predicted molar refractivity (Wildman–Crippen MR) is 133 cm³/mol. The van der Waals surface area contributed by atoms with E-state index in [9.17, 15) is 13.5 Å². The Balaban J connectivity index is 1.56. The van der Waals surface area contributed by atoms with Crippen molar-refractivity contribution in [2.75, 3.05) is 16.7 Å². The third kappa shape index (κ3) is 4.42. The van der Waals surface area contributed by atoms with Gasteiger partial charge in [0, 0.05) is 35.3 Å². The first-order valence-corrected chi connectivity index (χ1v) is 12.6. The van der Waals surface area contributed by atoms with E-state index in [1.54, 1.807) is 23.6 Å². The largest absolute Gasteiger partial charge is 0.857 e. The van der Waals surface area contributed by atoms with Gasteiger partial charge in [0.2, 0.25) is 0 Å². The first-order valence-electron chi connectivity index (χ1n) is 10.2. The topological polar surface area (TPSA) is 97.2 Å². The first kappa shape index (κ1) is 22.8. The molecule has 0 bridgehead atoms. The molecule has 0 radical (unpaired) electrons. The van der Waals surface area contributed by atoms with Crippen LogP contribution in [0.15, 0.2) is 92.2 Å². The number of hydrogen-bond acceptors (Lipinski definition) is 7. The van der Waals surface area contributed by atoms with Crippen LogP contribution in [-0.2, 0) is 15.4 Å². The fourth-order valence-corrected chi connectivity index (χ4v) is 5.99. The van der Waals surface area contributed by atoms with Gasteiger partial charge in [-0.2, -0.15) is 10.2 Å². The van der Waals surface area contributed by atoms with Crippen LogP contribution in [0.2, 0.25) is 0 Å². The number of para-hydroxylation sites is 2. The molecular weight excluding hydrogens is 456 g/mol. The molecule has 4 rings (SSSR count). The quantitative estimate of drug-likeness (QED) is 0.329. The van der Waals surface area contributed by atoms with E-state index in [1.807, 2.05) is 25.3 Å². The van der Waals surface area contributed by atoms with E-state index in [0.717, 1.165) is 22.7 Å². The predicted octanol–water partition coefficient (Wildman–Crippen LogP) is 3.95. The van der Waals surface area contributed by atoms with E-state index in [1.165, 1.54) is 30.0 Å². The molecule has 0 spiro atoms. The number of allylic oxidation sites excluding steroid dienone is 2. The Labute approximate surface area is 197 Å². The average molecular weight is 480 g/mol. The van der Waals surface area contributed by atoms with Gasteiger partial charge in [-0.3, -0.25) is 4.72 Å². The molecule has 1 aliphatic rings. The van der Waals surface area contributed by atoms with E-state index >= 15 is 0 Å². The number of hydrogen-bond donors (Lipinski definition) is 1. The van der Waals surface area contributed by atoms with Crippen LogP contribution in [0.4, 0.5) is 11.4 Å². The van der Waals surface area contributed by atoms with Crippen molar-refractivity contribution >= 4 is 44.8 Å². The highest BCUT2D eigenvalue weighted by atomic mass is 32.2. The van der Waals surface area contributed by atoms with Crippen molar-refractivity contribution in [2.24, 2.45) is 10.2 Å². The van der Waals surface area contributed by atoms with Crippen LogP contribution in [0.5, 0.6) is 0 Å². The molecule has 9 heteroatoms. The van der Waals surface area contributed by atoms with Gasteiger partial charge in [-0.15, -0.1) is 11.3 Å². The number of nitrogens with zero attached hydrogens (tertiary/aromatic N) is 3. The monoisotopic (exact) mass is 479 g/mol. The highest BCUT2D eigenvalue weighted by Gasteiger charge is 2.37. The maximum Gasteiger partial charge on any atom is 0.271 e. The van der Waals surface area contributed by atoms with Gasteiger partial charge in [-0.05, 0) is 35.2 Å². The summed E-state index contributed by atoms with van der Waals surface area (Å²) in [5.41, 5.74) is 3.43. The third-order valence-corrected chi connectivity index (χ3v) is 8.31. The van der Waals surface area contributed by atoms with Gasteiger partial charge in [0.1, 0.15) is 4.21 Å². The maximum atomic E-state index is 12.7. The van der Waals surface area contributed by atoms with Crippen molar-refractivity contribution in [3.63, 3.8) is 0 Å². The summed E-state index contributed by atoms with van der Waals surface area (Å²) in [7, 11) is -1.79. The summed E-state index contributed by atoms with van der Waals surface area (Å²) in [5, 5.41) is 22.0. The van der Waals surface area contributed by atoms with Gasteiger partial charge in [0.15, 0.2) is 0 Å². The minimum absolute atomic E-state index is 0.119. The Bertz CT molecular complexity index is 1360. The van der Waals surface area contributed by atoms with E-state index < -0.39 is 15.9 Å². The second-order valence-corrected chi connectivity index (χ2v) is 10.9. The minimum Gasteiger partial charge on any atom is -0.857 e. The highest BCUT2D eigenvalue weighted by molar-refractivity contribution is 7.94. The zero-order valence-electron chi connectivity index (χ0n) is 18.4. The molecule has 1 aromatic heterocycles. The number of nitrogens with one attached hydrogen (secondary N) is 1. The Kier molecular flexibility index (Phi) is 6.09. The molecular formula is C24H23N4O3S2-. The van der Waals surface area contributed by atoms with Crippen molar-refractivity contribution in [3.8, 4) is 0 Å². The number of likely N-dealkylation sites (N-methyl/N-ethyl adjacent to an activating group) is 1. The van der Waals surface area contributed by atoms with E-state index in [4.69, 9.17) is 0 Å². The highest BCUT2D eigenvalue weighted by Crippen LogP contribution is 2.46. The van der Waals surface area contributed by atoms with Gasteiger partial charge >= 0.3 is 0 Å². The fourth-order valence-electron chi connectivity index (χ4n) is 3.92. The van der Waals surface area contributed by atoms with Crippen LogP contribution in [0, 0.1) is 0 Å². The number of fused-ring (bicyclic) bond motifs is 1. The van der Waals surface area contributed by atoms with Crippen LogP contribution in [0.1, 0.15) is 25.0 Å². The fraction of sp³-hybridized carbons (Fsp3) is 0.167. The molecule has 3 aromatic rings. The summed E-state index contributed by atoms with van der Waals surface area (Å²) >= 11 is 1.09. The summed E-state index contributed by atoms with van der Waals surface area (Å²) in [6, 6.07) is 17.7. The van der Waals surface area contributed by atoms with Crippen molar-refractivity contribution < 1.29 is 13.5 Å². The molecule has 2 heterocycles. The Morgan fingerprint density at radius 3 is 2.55 bits per heavy atom. The molecule has 7 nitrogen and oxygen atoms in total. The summed E-state index contributed by atoms with van der Waals surface area (Å²) in [6.07, 6.45) is 3.32. The van der Waals surface area contributed by atoms with Crippen LogP contribution in [0.3, 0.4) is 0 Å². The molecule has 0 fully saturated rings. The Morgan fingerprint density at radius 1 is 1.09 bits per heavy atom. The summed E-state index contributed by atoms with van der Waals surface area (Å²) in [5.74, 6) is -0.642. The lowest BCUT2D eigenvalue weighted by molar-refractivity contribution is -0.213. The molecule has 0 amide bonds. The zero-order chi connectivity index (χ0) is 23.6. The average Bonchev–Trinajstić information content (AvgIpc) is 3.40. The van der Waals surface area contributed by atoms with Crippen molar-refractivity contribution in [1.29, 1.82) is 0 Å². The lowest BCUT2D eigenvalue weighted by Crippen LogP contribution is -2.23. The van der Waals surface area contributed by atoms with Gasteiger partial charge in [-0.25, -0.2) is 8.42 Å². The van der Waals surface area contributed by atoms with Gasteiger partial charge in [0.25, 0.3) is 10.0 Å². The molecule has 0 atom stereocenters. The van der Waals surface area contributed by atoms with Crippen LogP contribution >= 0.6 is 11.3 Å². The summed E-state index contributed by atoms with van der Waals surface area (Å²) < 4.78 is 27.7. The van der Waals surface area contributed by atoms with Crippen molar-refractivity contribution in [1.82, 2.24) is 0 Å².